The van der Waals surface area contributed by atoms with Crippen LogP contribution in [0.15, 0.2) is 60.8 Å². The molecule has 0 aliphatic rings. The SMILES string of the molecule is FC(F)(F)c1cccc(-c2[nH]ncc2CNc2ccccc2)c1. The van der Waals surface area contributed by atoms with Crippen molar-refractivity contribution in [3.05, 3.63) is 71.9 Å². The fraction of sp³-hybridized carbons (Fsp3) is 0.118. The summed E-state index contributed by atoms with van der Waals surface area (Å²) in [4.78, 5) is 0. The zero-order valence-electron chi connectivity index (χ0n) is 12.1. The van der Waals surface area contributed by atoms with Crippen molar-refractivity contribution in [2.75, 3.05) is 5.32 Å². The second-order valence-corrected chi connectivity index (χ2v) is 5.07. The molecular formula is C17H14F3N3. The number of benzene rings is 2. The van der Waals surface area contributed by atoms with E-state index in [1.807, 2.05) is 30.3 Å². The highest BCUT2D eigenvalue weighted by molar-refractivity contribution is 5.64. The Hall–Kier alpha value is -2.76. The molecule has 0 fully saturated rings. The minimum atomic E-state index is -4.36. The number of aromatic nitrogens is 2. The third kappa shape index (κ3) is 3.53. The first-order valence-corrected chi connectivity index (χ1v) is 7.03. The Balaban J connectivity index is 1.84. The Morgan fingerprint density at radius 1 is 1.00 bits per heavy atom. The first-order chi connectivity index (χ1) is 11.0. The lowest BCUT2D eigenvalue weighted by molar-refractivity contribution is -0.137. The van der Waals surface area contributed by atoms with Gasteiger partial charge in [-0.05, 0) is 24.3 Å². The summed E-state index contributed by atoms with van der Waals surface area (Å²) in [6.07, 6.45) is -2.75. The molecular weight excluding hydrogens is 303 g/mol. The Bertz CT molecular complexity index is 779. The van der Waals surface area contributed by atoms with Gasteiger partial charge in [0.2, 0.25) is 0 Å². The van der Waals surface area contributed by atoms with Crippen LogP contribution in [-0.4, -0.2) is 10.2 Å². The van der Waals surface area contributed by atoms with Crippen molar-refractivity contribution < 1.29 is 13.2 Å². The average molecular weight is 317 g/mol. The van der Waals surface area contributed by atoms with Crippen molar-refractivity contribution in [2.24, 2.45) is 0 Å². The number of aromatic amines is 1. The lowest BCUT2D eigenvalue weighted by Crippen LogP contribution is -2.05. The number of hydrogen-bond acceptors (Lipinski definition) is 2. The average Bonchev–Trinajstić information content (AvgIpc) is 3.02. The summed E-state index contributed by atoms with van der Waals surface area (Å²) in [5.41, 5.74) is 2.10. The summed E-state index contributed by atoms with van der Waals surface area (Å²) in [7, 11) is 0. The van der Waals surface area contributed by atoms with Crippen LogP contribution < -0.4 is 5.32 Å². The summed E-state index contributed by atoms with van der Waals surface area (Å²) in [5, 5.41) is 9.96. The van der Waals surface area contributed by atoms with E-state index in [4.69, 9.17) is 0 Å². The van der Waals surface area contributed by atoms with Gasteiger partial charge in [0.15, 0.2) is 0 Å². The van der Waals surface area contributed by atoms with E-state index >= 15 is 0 Å². The molecule has 0 spiro atoms. The number of H-pyrrole nitrogens is 1. The van der Waals surface area contributed by atoms with E-state index < -0.39 is 11.7 Å². The number of para-hydroxylation sites is 1. The summed E-state index contributed by atoms with van der Waals surface area (Å²) in [6.45, 7) is 0.464. The lowest BCUT2D eigenvalue weighted by atomic mass is 10.0. The molecule has 3 aromatic rings. The number of halogens is 3. The normalized spacial score (nSPS) is 11.4. The maximum absolute atomic E-state index is 12.8. The van der Waals surface area contributed by atoms with E-state index in [-0.39, 0.29) is 0 Å². The van der Waals surface area contributed by atoms with Gasteiger partial charge in [0, 0.05) is 23.4 Å². The van der Waals surface area contributed by atoms with Gasteiger partial charge in [0.05, 0.1) is 17.5 Å². The molecule has 1 heterocycles. The molecule has 118 valence electrons. The van der Waals surface area contributed by atoms with E-state index in [2.05, 4.69) is 15.5 Å². The molecule has 0 bridgehead atoms. The van der Waals surface area contributed by atoms with Gasteiger partial charge in [-0.3, -0.25) is 5.10 Å². The minimum absolute atomic E-state index is 0.460. The summed E-state index contributed by atoms with van der Waals surface area (Å²) < 4.78 is 38.5. The molecule has 23 heavy (non-hydrogen) atoms. The van der Waals surface area contributed by atoms with Gasteiger partial charge in [-0.15, -0.1) is 0 Å². The first kappa shape index (κ1) is 15.1. The van der Waals surface area contributed by atoms with Crippen LogP contribution in [0.25, 0.3) is 11.3 Å². The van der Waals surface area contributed by atoms with Gasteiger partial charge in [-0.2, -0.15) is 18.3 Å². The van der Waals surface area contributed by atoms with Crippen LogP contribution in [-0.2, 0) is 12.7 Å². The first-order valence-electron chi connectivity index (χ1n) is 7.03. The van der Waals surface area contributed by atoms with E-state index in [0.717, 1.165) is 23.4 Å². The molecule has 6 heteroatoms. The molecule has 0 radical (unpaired) electrons. The van der Waals surface area contributed by atoms with Crippen LogP contribution >= 0.6 is 0 Å². The van der Waals surface area contributed by atoms with Crippen LogP contribution in [0.5, 0.6) is 0 Å². The highest BCUT2D eigenvalue weighted by atomic mass is 19.4. The molecule has 3 rings (SSSR count). The monoisotopic (exact) mass is 317 g/mol. The van der Waals surface area contributed by atoms with E-state index in [1.165, 1.54) is 6.07 Å². The minimum Gasteiger partial charge on any atom is -0.381 e. The Labute approximate surface area is 131 Å². The van der Waals surface area contributed by atoms with Gasteiger partial charge in [0.25, 0.3) is 0 Å². The molecule has 0 aliphatic carbocycles. The van der Waals surface area contributed by atoms with Gasteiger partial charge in [-0.1, -0.05) is 30.3 Å². The summed E-state index contributed by atoms with van der Waals surface area (Å²) >= 11 is 0. The zero-order chi connectivity index (χ0) is 16.3. The van der Waals surface area contributed by atoms with E-state index in [9.17, 15) is 13.2 Å². The quantitative estimate of drug-likeness (QED) is 0.732. The van der Waals surface area contributed by atoms with Crippen molar-refractivity contribution in [3.8, 4) is 11.3 Å². The topological polar surface area (TPSA) is 40.7 Å². The second kappa shape index (κ2) is 6.16. The Morgan fingerprint density at radius 2 is 1.78 bits per heavy atom. The third-order valence-corrected chi connectivity index (χ3v) is 3.45. The summed E-state index contributed by atoms with van der Waals surface area (Å²) in [5.74, 6) is 0. The molecule has 0 saturated heterocycles. The summed E-state index contributed by atoms with van der Waals surface area (Å²) in [6, 6.07) is 14.8. The predicted octanol–water partition coefficient (Wildman–Crippen LogP) is 4.71. The largest absolute Gasteiger partial charge is 0.416 e. The van der Waals surface area contributed by atoms with Crippen LogP contribution in [0.4, 0.5) is 18.9 Å². The standard InChI is InChI=1S/C17H14F3N3/c18-17(19,20)14-6-4-5-12(9-14)16-13(11-22-23-16)10-21-15-7-2-1-3-8-15/h1-9,11,21H,10H2,(H,22,23). The van der Waals surface area contributed by atoms with E-state index in [0.29, 0.717) is 17.8 Å². The highest BCUT2D eigenvalue weighted by Gasteiger charge is 2.30. The van der Waals surface area contributed by atoms with E-state index in [1.54, 1.807) is 12.3 Å². The number of anilines is 1. The van der Waals surface area contributed by atoms with Gasteiger partial charge in [-0.25, -0.2) is 0 Å². The highest BCUT2D eigenvalue weighted by Crippen LogP contribution is 2.32. The fourth-order valence-electron chi connectivity index (χ4n) is 2.30. The Kier molecular flexibility index (Phi) is 4.06. The molecule has 0 amide bonds. The van der Waals surface area contributed by atoms with Crippen LogP contribution in [0.1, 0.15) is 11.1 Å². The molecule has 1 aromatic heterocycles. The number of nitrogens with zero attached hydrogens (tertiary/aromatic N) is 1. The molecule has 2 N–H and O–H groups in total. The third-order valence-electron chi connectivity index (χ3n) is 3.45. The van der Waals surface area contributed by atoms with Crippen molar-refractivity contribution in [2.45, 2.75) is 12.7 Å². The smallest absolute Gasteiger partial charge is 0.381 e. The number of nitrogens with one attached hydrogen (secondary N) is 2. The van der Waals surface area contributed by atoms with Gasteiger partial charge in [0.1, 0.15) is 0 Å². The van der Waals surface area contributed by atoms with Gasteiger partial charge < -0.3 is 5.32 Å². The van der Waals surface area contributed by atoms with Crippen LogP contribution in [0.3, 0.4) is 0 Å². The van der Waals surface area contributed by atoms with Crippen LogP contribution in [0, 0.1) is 0 Å². The second-order valence-electron chi connectivity index (χ2n) is 5.07. The maximum Gasteiger partial charge on any atom is 0.416 e. The maximum atomic E-state index is 12.8. The number of rotatable bonds is 4. The molecule has 0 aliphatic heterocycles. The number of hydrogen-bond donors (Lipinski definition) is 2. The lowest BCUT2D eigenvalue weighted by Gasteiger charge is -2.10. The fourth-order valence-corrected chi connectivity index (χ4v) is 2.30. The zero-order valence-corrected chi connectivity index (χ0v) is 12.1. The molecule has 0 unspecified atom stereocenters. The molecule has 2 aromatic carbocycles. The van der Waals surface area contributed by atoms with Crippen molar-refractivity contribution in [1.29, 1.82) is 0 Å². The van der Waals surface area contributed by atoms with Gasteiger partial charge >= 0.3 is 6.18 Å². The van der Waals surface area contributed by atoms with Crippen molar-refractivity contribution in [3.63, 3.8) is 0 Å². The van der Waals surface area contributed by atoms with Crippen molar-refractivity contribution >= 4 is 5.69 Å². The molecule has 0 atom stereocenters. The molecule has 0 saturated carbocycles. The van der Waals surface area contributed by atoms with Crippen LogP contribution in [0.2, 0.25) is 0 Å². The predicted molar refractivity (Wildman–Crippen MR) is 82.8 cm³/mol. The molecule has 3 nitrogen and oxygen atoms in total. The Morgan fingerprint density at radius 3 is 2.52 bits per heavy atom. The van der Waals surface area contributed by atoms with Crippen molar-refractivity contribution in [1.82, 2.24) is 10.2 Å². The number of alkyl halides is 3.